The highest BCUT2D eigenvalue weighted by molar-refractivity contribution is 5.73. The van der Waals surface area contributed by atoms with Crippen LogP contribution in [0, 0.1) is 5.92 Å². The number of benzene rings is 2. The van der Waals surface area contributed by atoms with Crippen molar-refractivity contribution < 1.29 is 9.53 Å². The van der Waals surface area contributed by atoms with E-state index >= 15 is 0 Å². The van der Waals surface area contributed by atoms with E-state index in [4.69, 9.17) is 4.74 Å². The van der Waals surface area contributed by atoms with Crippen LogP contribution < -0.4 is 4.74 Å². The Labute approximate surface area is 151 Å². The summed E-state index contributed by atoms with van der Waals surface area (Å²) in [4.78, 5) is 11.7. The lowest BCUT2D eigenvalue weighted by molar-refractivity contribution is -0.134. The summed E-state index contributed by atoms with van der Waals surface area (Å²) in [7, 11) is 0. The molecule has 0 saturated heterocycles. The lowest BCUT2D eigenvalue weighted by atomic mass is 9.81. The van der Waals surface area contributed by atoms with Crippen LogP contribution in [0.1, 0.15) is 57.1 Å². The number of carbonyl (C=O) groups is 1. The highest BCUT2D eigenvalue weighted by atomic mass is 16.5. The van der Waals surface area contributed by atoms with Crippen molar-refractivity contribution in [1.82, 2.24) is 0 Å². The van der Waals surface area contributed by atoms with E-state index in [-0.39, 0.29) is 5.97 Å². The number of aryl methyl sites for hydroxylation is 1. The molecule has 25 heavy (non-hydrogen) atoms. The minimum Gasteiger partial charge on any atom is -0.427 e. The van der Waals surface area contributed by atoms with Crippen molar-refractivity contribution in [3.8, 4) is 16.9 Å². The molecule has 0 aliphatic heterocycles. The Morgan fingerprint density at radius 3 is 2.52 bits per heavy atom. The van der Waals surface area contributed by atoms with Crippen LogP contribution in [0.25, 0.3) is 11.1 Å². The average Bonchev–Trinajstić information content (AvgIpc) is 2.66. The summed E-state index contributed by atoms with van der Waals surface area (Å²) in [5.41, 5.74) is 5.44. The van der Waals surface area contributed by atoms with Crippen molar-refractivity contribution in [1.29, 1.82) is 0 Å². The highest BCUT2D eigenvalue weighted by Gasteiger charge is 2.17. The maximum absolute atomic E-state index is 11.7. The number of esters is 1. The molecule has 0 heterocycles. The fourth-order valence-corrected chi connectivity index (χ4v) is 3.58. The van der Waals surface area contributed by atoms with Crippen LogP contribution in [0.5, 0.6) is 5.75 Å². The van der Waals surface area contributed by atoms with Gasteiger partial charge in [0.05, 0.1) is 0 Å². The molecule has 2 nitrogen and oxygen atoms in total. The van der Waals surface area contributed by atoms with E-state index in [1.54, 1.807) is 0 Å². The third-order valence-corrected chi connectivity index (χ3v) is 5.27. The molecule has 0 radical (unpaired) electrons. The van der Waals surface area contributed by atoms with Gasteiger partial charge in [-0.15, -0.1) is 0 Å². The quantitative estimate of drug-likeness (QED) is 0.480. The lowest BCUT2D eigenvalue weighted by Gasteiger charge is -2.24. The first-order valence-corrected chi connectivity index (χ1v) is 9.62. The largest absolute Gasteiger partial charge is 0.427 e. The van der Waals surface area contributed by atoms with Crippen molar-refractivity contribution in [3.63, 3.8) is 0 Å². The molecule has 0 N–H and O–H groups in total. The number of hydrogen-bond acceptors (Lipinski definition) is 2. The predicted octanol–water partition coefficient (Wildman–Crippen LogP) is 5.96. The molecule has 2 aromatic carbocycles. The Balaban J connectivity index is 1.69. The van der Waals surface area contributed by atoms with E-state index < -0.39 is 0 Å². The Morgan fingerprint density at radius 2 is 1.80 bits per heavy atom. The van der Waals surface area contributed by atoms with Crippen LogP contribution in [0.15, 0.2) is 42.5 Å². The summed E-state index contributed by atoms with van der Waals surface area (Å²) in [5, 5.41) is 0. The fourth-order valence-electron chi connectivity index (χ4n) is 3.58. The topological polar surface area (TPSA) is 26.3 Å². The molecule has 0 aromatic heterocycles. The van der Waals surface area contributed by atoms with Gasteiger partial charge in [-0.2, -0.15) is 0 Å². The van der Waals surface area contributed by atoms with Gasteiger partial charge in [0.1, 0.15) is 5.75 Å². The summed E-state index contributed by atoms with van der Waals surface area (Å²) in [6, 6.07) is 14.7. The Kier molecular flexibility index (Phi) is 5.91. The molecule has 2 aromatic rings. The van der Waals surface area contributed by atoms with E-state index in [9.17, 15) is 4.79 Å². The third-order valence-electron chi connectivity index (χ3n) is 5.27. The lowest BCUT2D eigenvalue weighted by Crippen LogP contribution is -2.13. The zero-order chi connectivity index (χ0) is 17.6. The second-order valence-corrected chi connectivity index (χ2v) is 7.10. The molecule has 3 rings (SSSR count). The van der Waals surface area contributed by atoms with Gasteiger partial charge in [-0.25, -0.2) is 0 Å². The molecular formula is C23H28O2. The highest BCUT2D eigenvalue weighted by Crippen LogP contribution is 2.31. The normalized spacial score (nSPS) is 16.3. The van der Waals surface area contributed by atoms with Crippen molar-refractivity contribution in [2.24, 2.45) is 5.92 Å². The Hall–Kier alpha value is -2.09. The van der Waals surface area contributed by atoms with Crippen LogP contribution in [0.3, 0.4) is 0 Å². The number of carbonyl (C=O) groups excluding carboxylic acids is 1. The predicted molar refractivity (Wildman–Crippen MR) is 103 cm³/mol. The first-order chi connectivity index (χ1) is 12.2. The second-order valence-electron chi connectivity index (χ2n) is 7.10. The minimum absolute atomic E-state index is 0.145. The maximum atomic E-state index is 11.7. The van der Waals surface area contributed by atoms with E-state index in [1.807, 2.05) is 24.3 Å². The molecule has 2 heteroatoms. The summed E-state index contributed by atoms with van der Waals surface area (Å²) in [6.45, 7) is 4.36. The molecule has 1 aliphatic carbocycles. The minimum atomic E-state index is -0.145. The van der Waals surface area contributed by atoms with Crippen molar-refractivity contribution >= 4 is 5.97 Å². The molecule has 0 saturated carbocycles. The molecule has 1 atom stereocenters. The van der Waals surface area contributed by atoms with Crippen LogP contribution in [0.4, 0.5) is 0 Å². The van der Waals surface area contributed by atoms with Crippen LogP contribution in [-0.2, 0) is 17.6 Å². The molecule has 1 unspecified atom stereocenters. The molecule has 1 aliphatic rings. The SMILES string of the molecule is CCCCC(=O)Oc1ccc(-c2ccc3c(c2)CCC(CC)C3)cc1. The van der Waals surface area contributed by atoms with E-state index in [0.717, 1.165) is 18.8 Å². The zero-order valence-electron chi connectivity index (χ0n) is 15.4. The number of fused-ring (bicyclic) bond motifs is 1. The van der Waals surface area contributed by atoms with Crippen molar-refractivity contribution in [2.75, 3.05) is 0 Å². The smallest absolute Gasteiger partial charge is 0.311 e. The van der Waals surface area contributed by atoms with E-state index in [0.29, 0.717) is 12.2 Å². The summed E-state index contributed by atoms with van der Waals surface area (Å²) in [5.74, 6) is 1.34. The van der Waals surface area contributed by atoms with Gasteiger partial charge in [-0.05, 0) is 66.0 Å². The first-order valence-electron chi connectivity index (χ1n) is 9.62. The van der Waals surface area contributed by atoms with E-state index in [2.05, 4.69) is 32.0 Å². The fraction of sp³-hybridized carbons (Fsp3) is 0.435. The number of ether oxygens (including phenoxy) is 1. The monoisotopic (exact) mass is 336 g/mol. The zero-order valence-corrected chi connectivity index (χ0v) is 15.4. The molecule has 0 bridgehead atoms. The number of hydrogen-bond donors (Lipinski definition) is 0. The van der Waals surface area contributed by atoms with E-state index in [1.165, 1.54) is 47.9 Å². The van der Waals surface area contributed by atoms with Gasteiger partial charge in [0.15, 0.2) is 0 Å². The molecule has 0 spiro atoms. The molecule has 132 valence electrons. The maximum Gasteiger partial charge on any atom is 0.311 e. The first kappa shape index (κ1) is 17.7. The Morgan fingerprint density at radius 1 is 1.04 bits per heavy atom. The Bertz CT molecular complexity index is 715. The summed E-state index contributed by atoms with van der Waals surface area (Å²) < 4.78 is 5.38. The number of unbranched alkanes of at least 4 members (excludes halogenated alkanes) is 1. The van der Waals surface area contributed by atoms with Crippen LogP contribution in [-0.4, -0.2) is 5.97 Å². The van der Waals surface area contributed by atoms with Crippen molar-refractivity contribution in [3.05, 3.63) is 53.6 Å². The van der Waals surface area contributed by atoms with Gasteiger partial charge >= 0.3 is 5.97 Å². The number of rotatable bonds is 6. The molecule has 0 fully saturated rings. The summed E-state index contributed by atoms with van der Waals surface area (Å²) >= 11 is 0. The van der Waals surface area contributed by atoms with Gasteiger partial charge < -0.3 is 4.74 Å². The van der Waals surface area contributed by atoms with Gasteiger partial charge in [0, 0.05) is 6.42 Å². The van der Waals surface area contributed by atoms with Gasteiger partial charge in [0.2, 0.25) is 0 Å². The standard InChI is InChI=1S/C23H28O2/c1-3-5-6-23(24)25-22-13-11-18(12-14-22)20-10-9-19-15-17(4-2)7-8-21(19)16-20/h9-14,16-17H,3-8,15H2,1-2H3. The van der Waals surface area contributed by atoms with Crippen molar-refractivity contribution in [2.45, 2.75) is 58.8 Å². The van der Waals surface area contributed by atoms with Crippen LogP contribution in [0.2, 0.25) is 0 Å². The third kappa shape index (κ3) is 4.50. The summed E-state index contributed by atoms with van der Waals surface area (Å²) in [6.07, 6.45) is 7.37. The molecular weight excluding hydrogens is 308 g/mol. The van der Waals surface area contributed by atoms with Gasteiger partial charge in [-0.1, -0.05) is 57.0 Å². The average molecular weight is 336 g/mol. The molecule has 0 amide bonds. The van der Waals surface area contributed by atoms with Crippen LogP contribution >= 0.6 is 0 Å². The van der Waals surface area contributed by atoms with Gasteiger partial charge in [0.25, 0.3) is 0 Å². The van der Waals surface area contributed by atoms with Gasteiger partial charge in [-0.3, -0.25) is 4.79 Å². The second kappa shape index (κ2) is 8.33.